The van der Waals surface area contributed by atoms with Crippen molar-refractivity contribution in [2.24, 2.45) is 0 Å². The number of nitrogens with zero attached hydrogens (tertiary/aromatic N) is 2. The van der Waals surface area contributed by atoms with Crippen molar-refractivity contribution in [3.63, 3.8) is 0 Å². The molecular formula is C20H30FN4OS+. The van der Waals surface area contributed by atoms with Gasteiger partial charge in [-0.25, -0.2) is 4.39 Å². The van der Waals surface area contributed by atoms with Gasteiger partial charge in [-0.3, -0.25) is 4.79 Å². The SMILES string of the molecule is O=C(C[NH+]1CCN(C(=S)NCc2ccc(F)cc2)CC1)N1CCCCCC1. The maximum Gasteiger partial charge on any atom is 0.277 e. The van der Waals surface area contributed by atoms with E-state index in [4.69, 9.17) is 12.2 Å². The van der Waals surface area contributed by atoms with Gasteiger partial charge in [-0.15, -0.1) is 0 Å². The van der Waals surface area contributed by atoms with Crippen LogP contribution in [0.25, 0.3) is 0 Å². The van der Waals surface area contributed by atoms with Crippen molar-refractivity contribution in [1.82, 2.24) is 15.1 Å². The van der Waals surface area contributed by atoms with Crippen LogP contribution in [0.2, 0.25) is 0 Å². The Labute approximate surface area is 166 Å². The van der Waals surface area contributed by atoms with Gasteiger partial charge in [0.25, 0.3) is 5.91 Å². The highest BCUT2D eigenvalue weighted by Gasteiger charge is 2.26. The van der Waals surface area contributed by atoms with Crippen molar-refractivity contribution >= 4 is 23.2 Å². The number of amides is 1. The highest BCUT2D eigenvalue weighted by molar-refractivity contribution is 7.80. The average molecular weight is 394 g/mol. The number of thiocarbonyl (C=S) groups is 1. The highest BCUT2D eigenvalue weighted by atomic mass is 32.1. The summed E-state index contributed by atoms with van der Waals surface area (Å²) in [7, 11) is 0. The normalized spacial score (nSPS) is 18.9. The van der Waals surface area contributed by atoms with Gasteiger partial charge in [0.2, 0.25) is 0 Å². The van der Waals surface area contributed by atoms with E-state index in [0.29, 0.717) is 19.0 Å². The van der Waals surface area contributed by atoms with E-state index >= 15 is 0 Å². The van der Waals surface area contributed by atoms with E-state index in [1.807, 2.05) is 0 Å². The molecule has 5 nitrogen and oxygen atoms in total. The molecule has 3 rings (SSSR count). The van der Waals surface area contributed by atoms with Gasteiger partial charge in [0.1, 0.15) is 5.82 Å². The molecule has 0 atom stereocenters. The lowest BCUT2D eigenvalue weighted by Gasteiger charge is -2.34. The Bertz CT molecular complexity index is 623. The third kappa shape index (κ3) is 6.14. The molecule has 2 aliphatic rings. The van der Waals surface area contributed by atoms with Crippen molar-refractivity contribution in [2.45, 2.75) is 32.2 Å². The molecule has 148 valence electrons. The molecular weight excluding hydrogens is 363 g/mol. The summed E-state index contributed by atoms with van der Waals surface area (Å²) in [4.78, 5) is 18.1. The molecule has 0 radical (unpaired) electrons. The fourth-order valence-corrected chi connectivity index (χ4v) is 4.00. The van der Waals surface area contributed by atoms with E-state index in [0.717, 1.165) is 62.8 Å². The standard InChI is InChI=1S/C20H29FN4OS/c21-18-7-5-17(6-8-18)15-22-20(27)25-13-11-23(12-14-25)16-19(26)24-9-3-1-2-4-10-24/h5-8H,1-4,9-16H2,(H,22,27)/p+1. The van der Waals surface area contributed by atoms with E-state index in [9.17, 15) is 9.18 Å². The van der Waals surface area contributed by atoms with Crippen LogP contribution in [0, 0.1) is 5.82 Å². The number of hydrogen-bond donors (Lipinski definition) is 2. The average Bonchev–Trinajstić information content (AvgIpc) is 2.97. The zero-order valence-electron chi connectivity index (χ0n) is 15.9. The number of benzene rings is 1. The van der Waals surface area contributed by atoms with Crippen LogP contribution in [0.1, 0.15) is 31.2 Å². The number of carbonyl (C=O) groups is 1. The van der Waals surface area contributed by atoms with Gasteiger partial charge in [0.15, 0.2) is 11.7 Å². The summed E-state index contributed by atoms with van der Waals surface area (Å²) in [6.07, 6.45) is 4.78. The number of quaternary nitrogens is 1. The Morgan fingerprint density at radius 1 is 1.00 bits per heavy atom. The molecule has 0 bridgehead atoms. The lowest BCUT2D eigenvalue weighted by atomic mass is 10.2. The first kappa shape index (κ1) is 20.0. The lowest BCUT2D eigenvalue weighted by Crippen LogP contribution is -3.15. The van der Waals surface area contributed by atoms with E-state index in [2.05, 4.69) is 15.1 Å². The van der Waals surface area contributed by atoms with Crippen molar-refractivity contribution in [2.75, 3.05) is 45.8 Å². The zero-order chi connectivity index (χ0) is 19.1. The zero-order valence-corrected chi connectivity index (χ0v) is 16.7. The van der Waals surface area contributed by atoms with Crippen LogP contribution < -0.4 is 10.2 Å². The molecule has 0 aromatic heterocycles. The first-order valence-electron chi connectivity index (χ1n) is 10.0. The van der Waals surface area contributed by atoms with Crippen LogP contribution in [0.5, 0.6) is 0 Å². The molecule has 2 fully saturated rings. The van der Waals surface area contributed by atoms with Crippen LogP contribution in [-0.2, 0) is 11.3 Å². The van der Waals surface area contributed by atoms with Crippen molar-refractivity contribution in [1.29, 1.82) is 0 Å². The maximum absolute atomic E-state index is 13.0. The topological polar surface area (TPSA) is 40.0 Å². The molecule has 2 aliphatic heterocycles. The predicted octanol–water partition coefficient (Wildman–Crippen LogP) is 0.803. The molecule has 2 heterocycles. The van der Waals surface area contributed by atoms with Crippen LogP contribution in [-0.4, -0.2) is 66.6 Å². The number of likely N-dealkylation sites (tertiary alicyclic amines) is 1. The number of rotatable bonds is 4. The Balaban J connectivity index is 1.38. The Morgan fingerprint density at radius 3 is 2.26 bits per heavy atom. The molecule has 27 heavy (non-hydrogen) atoms. The van der Waals surface area contributed by atoms with Gasteiger partial charge in [0, 0.05) is 19.6 Å². The molecule has 2 N–H and O–H groups in total. The maximum atomic E-state index is 13.0. The van der Waals surface area contributed by atoms with Crippen molar-refractivity contribution in [3.05, 3.63) is 35.6 Å². The first-order valence-corrected chi connectivity index (χ1v) is 10.4. The van der Waals surface area contributed by atoms with Crippen LogP contribution >= 0.6 is 12.2 Å². The van der Waals surface area contributed by atoms with E-state index < -0.39 is 0 Å². The van der Waals surface area contributed by atoms with Crippen LogP contribution in [0.15, 0.2) is 24.3 Å². The monoisotopic (exact) mass is 393 g/mol. The second-order valence-electron chi connectivity index (χ2n) is 7.49. The Kier molecular flexibility index (Phi) is 7.41. The van der Waals surface area contributed by atoms with Gasteiger partial charge in [-0.2, -0.15) is 0 Å². The summed E-state index contributed by atoms with van der Waals surface area (Å²) in [6.45, 7) is 6.63. The van der Waals surface area contributed by atoms with Gasteiger partial charge >= 0.3 is 0 Å². The number of carbonyl (C=O) groups excluding carboxylic acids is 1. The van der Waals surface area contributed by atoms with E-state index in [1.165, 1.54) is 29.9 Å². The number of hydrogen-bond acceptors (Lipinski definition) is 2. The highest BCUT2D eigenvalue weighted by Crippen LogP contribution is 2.09. The quantitative estimate of drug-likeness (QED) is 0.743. The van der Waals surface area contributed by atoms with E-state index in [1.54, 1.807) is 12.1 Å². The predicted molar refractivity (Wildman–Crippen MR) is 108 cm³/mol. The van der Waals surface area contributed by atoms with Gasteiger partial charge in [0.05, 0.1) is 26.2 Å². The molecule has 1 aromatic rings. The summed E-state index contributed by atoms with van der Waals surface area (Å²) in [5.41, 5.74) is 1.01. The number of piperazine rings is 1. The minimum absolute atomic E-state index is 0.227. The summed E-state index contributed by atoms with van der Waals surface area (Å²) in [5, 5.41) is 3.99. The number of nitrogens with one attached hydrogen (secondary N) is 2. The smallest absolute Gasteiger partial charge is 0.277 e. The van der Waals surface area contributed by atoms with Gasteiger partial charge < -0.3 is 20.0 Å². The Hall–Kier alpha value is -1.73. The van der Waals surface area contributed by atoms with Gasteiger partial charge in [-0.05, 0) is 42.8 Å². The second-order valence-corrected chi connectivity index (χ2v) is 7.88. The first-order chi connectivity index (χ1) is 13.1. The molecule has 0 spiro atoms. The Morgan fingerprint density at radius 2 is 1.63 bits per heavy atom. The summed E-state index contributed by atoms with van der Waals surface area (Å²) in [6, 6.07) is 6.45. The number of halogens is 1. The largest absolute Gasteiger partial charge is 0.358 e. The molecule has 1 aromatic carbocycles. The molecule has 0 aliphatic carbocycles. The van der Waals surface area contributed by atoms with Gasteiger partial charge in [-0.1, -0.05) is 25.0 Å². The lowest BCUT2D eigenvalue weighted by molar-refractivity contribution is -0.896. The minimum atomic E-state index is -0.227. The third-order valence-corrected chi connectivity index (χ3v) is 5.88. The second kappa shape index (κ2) is 9.99. The molecule has 7 heteroatoms. The molecule has 0 saturated carbocycles. The molecule has 0 unspecified atom stereocenters. The fourth-order valence-electron chi connectivity index (χ4n) is 3.74. The van der Waals surface area contributed by atoms with E-state index in [-0.39, 0.29) is 5.82 Å². The third-order valence-electron chi connectivity index (χ3n) is 5.47. The van der Waals surface area contributed by atoms with Crippen LogP contribution in [0.4, 0.5) is 4.39 Å². The minimum Gasteiger partial charge on any atom is -0.358 e. The van der Waals surface area contributed by atoms with Crippen molar-refractivity contribution < 1.29 is 14.1 Å². The van der Waals surface area contributed by atoms with Crippen LogP contribution in [0.3, 0.4) is 0 Å². The fraction of sp³-hybridized carbons (Fsp3) is 0.600. The summed E-state index contributed by atoms with van der Waals surface area (Å²) >= 11 is 5.50. The van der Waals surface area contributed by atoms with Crippen molar-refractivity contribution in [3.8, 4) is 0 Å². The summed E-state index contributed by atoms with van der Waals surface area (Å²) < 4.78 is 13.0. The molecule has 1 amide bonds. The molecule has 2 saturated heterocycles. The summed E-state index contributed by atoms with van der Waals surface area (Å²) in [5.74, 6) is 0.0764.